The lowest BCUT2D eigenvalue weighted by atomic mass is 10.0. The molecule has 0 aliphatic carbocycles. The fourth-order valence-electron chi connectivity index (χ4n) is 2.63. The highest BCUT2D eigenvalue weighted by molar-refractivity contribution is 6.28. The van der Waals surface area contributed by atoms with Gasteiger partial charge < -0.3 is 14.6 Å². The maximum atomic E-state index is 11.7. The van der Waals surface area contributed by atoms with Crippen LogP contribution in [0, 0.1) is 0 Å². The third-order valence-electron chi connectivity index (χ3n) is 3.68. The van der Waals surface area contributed by atoms with Gasteiger partial charge in [0.2, 0.25) is 5.91 Å². The Morgan fingerprint density at radius 3 is 2.80 bits per heavy atom. The molecule has 20 heavy (non-hydrogen) atoms. The Labute approximate surface area is 122 Å². The van der Waals surface area contributed by atoms with Crippen LogP contribution in [0.3, 0.4) is 0 Å². The number of hydrogen-bond acceptors (Lipinski definition) is 3. The average Bonchev–Trinajstić information content (AvgIpc) is 2.96. The summed E-state index contributed by atoms with van der Waals surface area (Å²) in [7, 11) is 3.67. The van der Waals surface area contributed by atoms with Gasteiger partial charge in [0.15, 0.2) is 5.22 Å². The number of furan rings is 1. The molecule has 104 valence electrons. The van der Waals surface area contributed by atoms with E-state index in [0.717, 1.165) is 22.6 Å². The molecule has 1 atom stereocenters. The lowest BCUT2D eigenvalue weighted by Gasteiger charge is -2.16. The lowest BCUT2D eigenvalue weighted by Crippen LogP contribution is -2.20. The van der Waals surface area contributed by atoms with Crippen LogP contribution in [0.1, 0.15) is 22.9 Å². The third-order valence-corrected chi connectivity index (χ3v) is 3.88. The van der Waals surface area contributed by atoms with Crippen molar-refractivity contribution in [3.63, 3.8) is 0 Å². The van der Waals surface area contributed by atoms with Crippen molar-refractivity contribution >= 4 is 23.2 Å². The van der Waals surface area contributed by atoms with Gasteiger partial charge in [0.05, 0.1) is 12.5 Å². The van der Waals surface area contributed by atoms with Gasteiger partial charge in [-0.3, -0.25) is 4.79 Å². The molecule has 0 radical (unpaired) electrons. The van der Waals surface area contributed by atoms with Crippen molar-refractivity contribution in [2.24, 2.45) is 0 Å². The number of anilines is 1. The minimum Gasteiger partial charge on any atom is -0.448 e. The van der Waals surface area contributed by atoms with E-state index in [1.54, 1.807) is 18.0 Å². The molecule has 1 aliphatic heterocycles. The van der Waals surface area contributed by atoms with E-state index in [4.69, 9.17) is 16.0 Å². The van der Waals surface area contributed by atoms with Crippen molar-refractivity contribution in [3.8, 4) is 0 Å². The van der Waals surface area contributed by atoms with E-state index in [-0.39, 0.29) is 11.9 Å². The van der Waals surface area contributed by atoms with Crippen LogP contribution < -0.4 is 10.2 Å². The first-order chi connectivity index (χ1) is 9.60. The Morgan fingerprint density at radius 1 is 1.35 bits per heavy atom. The molecule has 0 spiro atoms. The van der Waals surface area contributed by atoms with Gasteiger partial charge in [-0.15, -0.1) is 0 Å². The summed E-state index contributed by atoms with van der Waals surface area (Å²) in [4.78, 5) is 13.4. The Balaban J connectivity index is 1.98. The molecule has 2 heterocycles. The Morgan fingerprint density at radius 2 is 2.15 bits per heavy atom. The smallest absolute Gasteiger partial charge is 0.231 e. The highest BCUT2D eigenvalue weighted by atomic mass is 35.5. The minimum atomic E-state index is -0.0752. The summed E-state index contributed by atoms with van der Waals surface area (Å²) in [5.74, 6) is 0.884. The first kappa shape index (κ1) is 13.2. The summed E-state index contributed by atoms with van der Waals surface area (Å²) < 4.78 is 5.48. The quantitative estimate of drug-likeness (QED) is 0.945. The van der Waals surface area contributed by atoms with Crippen LogP contribution in [0.4, 0.5) is 5.69 Å². The van der Waals surface area contributed by atoms with E-state index < -0.39 is 0 Å². The second kappa shape index (κ2) is 4.96. The lowest BCUT2D eigenvalue weighted by molar-refractivity contribution is -0.117. The van der Waals surface area contributed by atoms with Crippen molar-refractivity contribution in [3.05, 3.63) is 52.4 Å². The zero-order valence-corrected chi connectivity index (χ0v) is 12.1. The highest BCUT2D eigenvalue weighted by Gasteiger charge is 2.25. The predicted molar refractivity (Wildman–Crippen MR) is 78.2 cm³/mol. The van der Waals surface area contributed by atoms with Gasteiger partial charge in [0.25, 0.3) is 0 Å². The Hall–Kier alpha value is -1.78. The number of carbonyl (C=O) groups excluding carboxylic acids is 1. The number of nitrogens with zero attached hydrogens (tertiary/aromatic N) is 1. The number of benzene rings is 1. The minimum absolute atomic E-state index is 0.0752. The number of fused-ring (bicyclic) bond motifs is 1. The fraction of sp³-hybridized carbons (Fsp3) is 0.267. The fourth-order valence-corrected chi connectivity index (χ4v) is 2.78. The van der Waals surface area contributed by atoms with E-state index in [1.807, 2.05) is 31.3 Å². The number of nitrogens with one attached hydrogen (secondary N) is 1. The van der Waals surface area contributed by atoms with Gasteiger partial charge in [0.1, 0.15) is 5.76 Å². The van der Waals surface area contributed by atoms with Crippen LogP contribution in [0.5, 0.6) is 0 Å². The van der Waals surface area contributed by atoms with Crippen molar-refractivity contribution in [1.82, 2.24) is 5.32 Å². The Kier molecular flexibility index (Phi) is 3.28. The SMILES string of the molecule is CNC(c1ccc2c(c1)CC(=O)N2C)c1ccc(Cl)o1. The number of amides is 1. The molecule has 1 N–H and O–H groups in total. The zero-order chi connectivity index (χ0) is 14.3. The topological polar surface area (TPSA) is 45.5 Å². The van der Waals surface area contributed by atoms with Crippen LogP contribution in [0.15, 0.2) is 34.7 Å². The van der Waals surface area contributed by atoms with Gasteiger partial charge in [-0.2, -0.15) is 0 Å². The molecular weight excluding hydrogens is 276 g/mol. The molecule has 0 saturated carbocycles. The molecule has 1 amide bonds. The summed E-state index contributed by atoms with van der Waals surface area (Å²) in [5.41, 5.74) is 3.08. The van der Waals surface area contributed by atoms with Gasteiger partial charge in [-0.1, -0.05) is 12.1 Å². The third kappa shape index (κ3) is 2.11. The summed E-state index contributed by atoms with van der Waals surface area (Å²) >= 11 is 5.84. The molecule has 0 saturated heterocycles. The van der Waals surface area contributed by atoms with Crippen LogP contribution in [0.2, 0.25) is 5.22 Å². The van der Waals surface area contributed by atoms with Crippen LogP contribution in [-0.2, 0) is 11.2 Å². The molecular formula is C15H15ClN2O2. The van der Waals surface area contributed by atoms with Crippen LogP contribution >= 0.6 is 11.6 Å². The molecule has 1 unspecified atom stereocenters. The van der Waals surface area contributed by atoms with Gasteiger partial charge in [0, 0.05) is 12.7 Å². The van der Waals surface area contributed by atoms with E-state index in [2.05, 4.69) is 5.32 Å². The van der Waals surface area contributed by atoms with E-state index in [9.17, 15) is 4.79 Å². The van der Waals surface area contributed by atoms with Crippen molar-refractivity contribution in [2.45, 2.75) is 12.5 Å². The maximum absolute atomic E-state index is 11.7. The first-order valence-corrected chi connectivity index (χ1v) is 6.80. The number of halogens is 1. The molecule has 2 aromatic rings. The first-order valence-electron chi connectivity index (χ1n) is 6.42. The van der Waals surface area contributed by atoms with E-state index >= 15 is 0 Å². The standard InChI is InChI=1S/C15H15ClN2O2/c1-17-15(12-5-6-13(16)20-12)9-3-4-11-10(7-9)8-14(19)18(11)2/h3-7,15,17H,8H2,1-2H3. The molecule has 1 aromatic carbocycles. The summed E-state index contributed by atoms with van der Waals surface area (Å²) in [6.07, 6.45) is 0.453. The summed E-state index contributed by atoms with van der Waals surface area (Å²) in [6, 6.07) is 9.54. The monoisotopic (exact) mass is 290 g/mol. The molecule has 3 rings (SSSR count). The molecule has 0 fully saturated rings. The summed E-state index contributed by atoms with van der Waals surface area (Å²) in [6.45, 7) is 0. The van der Waals surface area contributed by atoms with Crippen molar-refractivity contribution < 1.29 is 9.21 Å². The van der Waals surface area contributed by atoms with Crippen molar-refractivity contribution in [1.29, 1.82) is 0 Å². The molecule has 4 nitrogen and oxygen atoms in total. The highest BCUT2D eigenvalue weighted by Crippen LogP contribution is 2.32. The second-order valence-corrected chi connectivity index (χ2v) is 5.25. The van der Waals surface area contributed by atoms with E-state index in [0.29, 0.717) is 11.6 Å². The molecule has 5 heteroatoms. The van der Waals surface area contributed by atoms with Crippen LogP contribution in [0.25, 0.3) is 0 Å². The zero-order valence-electron chi connectivity index (χ0n) is 11.3. The van der Waals surface area contributed by atoms with Crippen molar-refractivity contribution in [2.75, 3.05) is 19.0 Å². The number of carbonyl (C=O) groups is 1. The molecule has 1 aromatic heterocycles. The maximum Gasteiger partial charge on any atom is 0.231 e. The largest absolute Gasteiger partial charge is 0.448 e. The second-order valence-electron chi connectivity index (χ2n) is 4.88. The normalized spacial score (nSPS) is 15.6. The van der Waals surface area contributed by atoms with Crippen LogP contribution in [-0.4, -0.2) is 20.0 Å². The van der Waals surface area contributed by atoms with Gasteiger partial charge in [-0.25, -0.2) is 0 Å². The number of likely N-dealkylation sites (N-methyl/N-ethyl adjacent to an activating group) is 1. The predicted octanol–water partition coefficient (Wildman–Crippen LogP) is 2.76. The molecule has 1 aliphatic rings. The number of hydrogen-bond donors (Lipinski definition) is 1. The Bertz CT molecular complexity index is 666. The number of rotatable bonds is 3. The van der Waals surface area contributed by atoms with Gasteiger partial charge in [-0.05, 0) is 48.0 Å². The van der Waals surface area contributed by atoms with E-state index in [1.165, 1.54) is 0 Å². The summed E-state index contributed by atoms with van der Waals surface area (Å²) in [5, 5.41) is 3.58. The average molecular weight is 291 g/mol. The molecule has 0 bridgehead atoms. The van der Waals surface area contributed by atoms with Gasteiger partial charge >= 0.3 is 0 Å².